The van der Waals surface area contributed by atoms with Crippen LogP contribution in [-0.2, 0) is 27.3 Å². The Labute approximate surface area is 145 Å². The summed E-state index contributed by atoms with van der Waals surface area (Å²) in [4.78, 5) is 31.6. The van der Waals surface area contributed by atoms with E-state index < -0.39 is 0 Å². The lowest BCUT2D eigenvalue weighted by Gasteiger charge is -2.24. The predicted molar refractivity (Wildman–Crippen MR) is 91.9 cm³/mol. The number of hydrogen-bond acceptors (Lipinski definition) is 6. The lowest BCUT2D eigenvalue weighted by atomic mass is 10.2. The number of fused-ring (bicyclic) bond motifs is 1. The van der Waals surface area contributed by atoms with E-state index in [1.807, 2.05) is 0 Å². The van der Waals surface area contributed by atoms with E-state index in [1.165, 1.54) is 11.3 Å². The van der Waals surface area contributed by atoms with Crippen LogP contribution in [0.15, 0.2) is 12.7 Å². The van der Waals surface area contributed by atoms with Crippen LogP contribution < -0.4 is 10.6 Å². The maximum absolute atomic E-state index is 12.1. The summed E-state index contributed by atoms with van der Waals surface area (Å²) >= 11 is 1.48. The molecule has 3 rings (SSSR count). The number of hydrogen-bond donors (Lipinski definition) is 2. The maximum atomic E-state index is 12.1. The van der Waals surface area contributed by atoms with Gasteiger partial charge in [-0.3, -0.25) is 19.8 Å². The molecule has 1 atom stereocenters. The van der Waals surface area contributed by atoms with E-state index in [1.54, 1.807) is 6.08 Å². The molecule has 0 aromatic carbocycles. The van der Waals surface area contributed by atoms with E-state index in [-0.39, 0.29) is 17.9 Å². The molecule has 1 aromatic rings. The summed E-state index contributed by atoms with van der Waals surface area (Å²) in [6, 6.07) is 0. The fourth-order valence-corrected chi connectivity index (χ4v) is 3.91. The standard InChI is InChI=1S/C16H22N4O3S/c1-2-6-17-14(21)10-20-7-5-11-13(9-20)24-16(18-11)19-15(22)12-4-3-8-23-12/h2,12H,1,3-10H2,(H,17,21)(H,18,19,22). The molecule has 1 fully saturated rings. The third kappa shape index (κ3) is 4.19. The van der Waals surface area contributed by atoms with E-state index in [9.17, 15) is 9.59 Å². The first-order valence-corrected chi connectivity index (χ1v) is 8.98. The van der Waals surface area contributed by atoms with Crippen LogP contribution in [0.1, 0.15) is 23.4 Å². The number of amides is 2. The van der Waals surface area contributed by atoms with Crippen LogP contribution >= 0.6 is 11.3 Å². The molecule has 3 heterocycles. The highest BCUT2D eigenvalue weighted by Gasteiger charge is 2.26. The summed E-state index contributed by atoms with van der Waals surface area (Å²) in [5.74, 6) is -0.117. The average molecular weight is 350 g/mol. The molecule has 24 heavy (non-hydrogen) atoms. The molecule has 0 aliphatic carbocycles. The Morgan fingerprint density at radius 2 is 2.38 bits per heavy atom. The molecule has 1 saturated heterocycles. The van der Waals surface area contributed by atoms with Crippen LogP contribution in [0.4, 0.5) is 5.13 Å². The number of nitrogens with one attached hydrogen (secondary N) is 2. The van der Waals surface area contributed by atoms with E-state index >= 15 is 0 Å². The van der Waals surface area contributed by atoms with Gasteiger partial charge in [-0.1, -0.05) is 6.08 Å². The van der Waals surface area contributed by atoms with Crippen molar-refractivity contribution in [3.63, 3.8) is 0 Å². The third-order valence-electron chi connectivity index (χ3n) is 4.07. The second-order valence-corrected chi connectivity index (χ2v) is 7.02. The topological polar surface area (TPSA) is 83.6 Å². The minimum absolute atomic E-state index is 0.00484. The van der Waals surface area contributed by atoms with Crippen LogP contribution in [0.3, 0.4) is 0 Å². The zero-order valence-corrected chi connectivity index (χ0v) is 14.4. The Morgan fingerprint density at radius 1 is 1.50 bits per heavy atom. The maximum Gasteiger partial charge on any atom is 0.255 e. The Hall–Kier alpha value is -1.77. The van der Waals surface area contributed by atoms with Gasteiger partial charge in [-0.25, -0.2) is 4.98 Å². The van der Waals surface area contributed by atoms with Crippen LogP contribution in [0.25, 0.3) is 0 Å². The predicted octanol–water partition coefficient (Wildman–Crippen LogP) is 0.921. The zero-order valence-electron chi connectivity index (χ0n) is 13.5. The molecular weight excluding hydrogens is 328 g/mol. The second kappa shape index (κ2) is 7.87. The fraction of sp³-hybridized carbons (Fsp3) is 0.562. The summed E-state index contributed by atoms with van der Waals surface area (Å²) in [6.45, 7) is 6.56. The summed E-state index contributed by atoms with van der Waals surface area (Å²) in [5.41, 5.74) is 1.02. The first-order valence-electron chi connectivity index (χ1n) is 8.16. The van der Waals surface area contributed by atoms with Gasteiger partial charge >= 0.3 is 0 Å². The van der Waals surface area contributed by atoms with Crippen LogP contribution in [0.5, 0.6) is 0 Å². The number of thiazole rings is 1. The molecule has 0 bridgehead atoms. The molecule has 0 spiro atoms. The van der Waals surface area contributed by atoms with Crippen LogP contribution in [0, 0.1) is 0 Å². The van der Waals surface area contributed by atoms with Gasteiger partial charge in [-0.15, -0.1) is 17.9 Å². The average Bonchev–Trinajstić information content (AvgIpc) is 3.21. The SMILES string of the molecule is C=CCNC(=O)CN1CCc2nc(NC(=O)C3CCCO3)sc2C1. The lowest BCUT2D eigenvalue weighted by molar-refractivity contribution is -0.124. The summed E-state index contributed by atoms with van der Waals surface area (Å²) in [5, 5.41) is 6.27. The number of aromatic nitrogens is 1. The highest BCUT2D eigenvalue weighted by Crippen LogP contribution is 2.28. The molecule has 130 valence electrons. The molecule has 0 radical (unpaired) electrons. The van der Waals surface area contributed by atoms with Crippen molar-refractivity contribution in [3.8, 4) is 0 Å². The Bertz CT molecular complexity index is 625. The minimum Gasteiger partial charge on any atom is -0.368 e. The summed E-state index contributed by atoms with van der Waals surface area (Å²) in [7, 11) is 0. The van der Waals surface area contributed by atoms with Gasteiger partial charge in [0, 0.05) is 37.5 Å². The molecule has 0 saturated carbocycles. The third-order valence-corrected chi connectivity index (χ3v) is 5.07. The molecular formula is C16H22N4O3S. The first-order chi connectivity index (χ1) is 11.7. The highest BCUT2D eigenvalue weighted by atomic mass is 32.1. The molecule has 2 aliphatic rings. The van der Waals surface area contributed by atoms with Crippen molar-refractivity contribution in [2.45, 2.75) is 31.9 Å². The molecule has 7 nitrogen and oxygen atoms in total. The van der Waals surface area contributed by atoms with Crippen molar-refractivity contribution in [1.82, 2.24) is 15.2 Å². The van der Waals surface area contributed by atoms with Crippen molar-refractivity contribution in [2.24, 2.45) is 0 Å². The molecule has 8 heteroatoms. The van der Waals surface area contributed by atoms with Crippen molar-refractivity contribution < 1.29 is 14.3 Å². The van der Waals surface area contributed by atoms with Gasteiger partial charge in [0.05, 0.1) is 12.2 Å². The number of anilines is 1. The lowest BCUT2D eigenvalue weighted by Crippen LogP contribution is -2.39. The normalized spacial score (nSPS) is 20.4. The van der Waals surface area contributed by atoms with Crippen LogP contribution in [-0.4, -0.2) is 54.0 Å². The molecule has 1 unspecified atom stereocenters. The Morgan fingerprint density at radius 3 is 3.12 bits per heavy atom. The molecule has 2 amide bonds. The number of ether oxygens (including phenoxy) is 1. The van der Waals surface area contributed by atoms with Gasteiger partial charge in [0.25, 0.3) is 5.91 Å². The molecule has 2 N–H and O–H groups in total. The number of rotatable bonds is 6. The molecule has 2 aliphatic heterocycles. The van der Waals surface area contributed by atoms with E-state index in [2.05, 4.69) is 27.1 Å². The van der Waals surface area contributed by atoms with Crippen LogP contribution in [0.2, 0.25) is 0 Å². The Kier molecular flexibility index (Phi) is 5.60. The van der Waals surface area contributed by atoms with Crippen molar-refractivity contribution >= 4 is 28.3 Å². The Balaban J connectivity index is 1.55. The minimum atomic E-state index is -0.351. The van der Waals surface area contributed by atoms with Gasteiger partial charge in [-0.05, 0) is 12.8 Å². The molecule has 1 aromatic heterocycles. The van der Waals surface area contributed by atoms with E-state index in [4.69, 9.17) is 4.74 Å². The van der Waals surface area contributed by atoms with Gasteiger partial charge in [-0.2, -0.15) is 0 Å². The van der Waals surface area contributed by atoms with E-state index in [0.717, 1.165) is 36.4 Å². The monoisotopic (exact) mass is 350 g/mol. The quantitative estimate of drug-likeness (QED) is 0.746. The summed E-state index contributed by atoms with van der Waals surface area (Å²) < 4.78 is 5.39. The number of carbonyl (C=O) groups is 2. The van der Waals surface area contributed by atoms with Crippen molar-refractivity contribution in [2.75, 3.05) is 31.6 Å². The van der Waals surface area contributed by atoms with Gasteiger partial charge < -0.3 is 10.1 Å². The number of nitrogens with zero attached hydrogens (tertiary/aromatic N) is 2. The first kappa shape index (κ1) is 17.1. The largest absolute Gasteiger partial charge is 0.368 e. The second-order valence-electron chi connectivity index (χ2n) is 5.93. The van der Waals surface area contributed by atoms with Crippen molar-refractivity contribution in [1.29, 1.82) is 0 Å². The fourth-order valence-electron chi connectivity index (χ4n) is 2.85. The highest BCUT2D eigenvalue weighted by molar-refractivity contribution is 7.15. The van der Waals surface area contributed by atoms with Gasteiger partial charge in [0.15, 0.2) is 5.13 Å². The smallest absolute Gasteiger partial charge is 0.255 e. The van der Waals surface area contributed by atoms with E-state index in [0.29, 0.717) is 31.4 Å². The van der Waals surface area contributed by atoms with Gasteiger partial charge in [0.1, 0.15) is 6.10 Å². The van der Waals surface area contributed by atoms with Crippen molar-refractivity contribution in [3.05, 3.63) is 23.2 Å². The van der Waals surface area contributed by atoms with Gasteiger partial charge in [0.2, 0.25) is 5.91 Å². The number of carbonyl (C=O) groups excluding carboxylic acids is 2. The summed E-state index contributed by atoms with van der Waals surface area (Å²) in [6.07, 6.45) is 3.80. The zero-order chi connectivity index (χ0) is 16.9.